The standard InChI is InChI=1S/C26H22N2O4S/c1-31-25-16-23(32-17-26-28-12-13-33-26)9-6-20(25)5-8-22(30)15-21(29)7-3-18-2-4-19-10-11-27-24(19)14-18/h2-14,16,27H,15,17H2,1H3. The Hall–Kier alpha value is -3.97. The zero-order chi connectivity index (χ0) is 23.0. The first kappa shape index (κ1) is 22.2. The number of fused-ring (bicyclic) bond motifs is 1. The van der Waals surface area contributed by atoms with Gasteiger partial charge in [-0.2, -0.15) is 0 Å². The molecule has 33 heavy (non-hydrogen) atoms. The summed E-state index contributed by atoms with van der Waals surface area (Å²) in [5, 5.41) is 3.88. The number of aromatic nitrogens is 2. The van der Waals surface area contributed by atoms with Crippen molar-refractivity contribution >= 4 is 46.0 Å². The molecule has 0 amide bonds. The van der Waals surface area contributed by atoms with Crippen molar-refractivity contribution < 1.29 is 19.1 Å². The van der Waals surface area contributed by atoms with Crippen LogP contribution in [0.3, 0.4) is 0 Å². The Morgan fingerprint density at radius 1 is 1.06 bits per heavy atom. The van der Waals surface area contributed by atoms with Crippen molar-refractivity contribution in [2.75, 3.05) is 7.11 Å². The van der Waals surface area contributed by atoms with Crippen LogP contribution in [0.25, 0.3) is 23.1 Å². The fraction of sp³-hybridized carbons (Fsp3) is 0.115. The number of benzene rings is 2. The Bertz CT molecular complexity index is 1320. The van der Waals surface area contributed by atoms with E-state index in [4.69, 9.17) is 9.47 Å². The molecule has 0 radical (unpaired) electrons. The Labute approximate surface area is 195 Å². The fourth-order valence-electron chi connectivity index (χ4n) is 3.22. The first-order chi connectivity index (χ1) is 16.1. The van der Waals surface area contributed by atoms with Crippen molar-refractivity contribution in [1.82, 2.24) is 9.97 Å². The number of thiazole rings is 1. The smallest absolute Gasteiger partial charge is 0.163 e. The van der Waals surface area contributed by atoms with Crippen molar-refractivity contribution in [3.8, 4) is 11.5 Å². The average Bonchev–Trinajstić information content (AvgIpc) is 3.52. The monoisotopic (exact) mass is 458 g/mol. The summed E-state index contributed by atoms with van der Waals surface area (Å²) in [6, 6.07) is 13.2. The lowest BCUT2D eigenvalue weighted by Crippen LogP contribution is -2.02. The maximum absolute atomic E-state index is 12.3. The summed E-state index contributed by atoms with van der Waals surface area (Å²) in [4.78, 5) is 31.8. The van der Waals surface area contributed by atoms with Crippen molar-refractivity contribution in [2.24, 2.45) is 0 Å². The van der Waals surface area contributed by atoms with Gasteiger partial charge in [-0.1, -0.05) is 18.2 Å². The largest absolute Gasteiger partial charge is 0.496 e. The SMILES string of the molecule is COc1cc(OCc2nccs2)ccc1C=CC(=O)CC(=O)C=Cc1ccc2cc[nH]c2c1. The third-order valence-electron chi connectivity index (χ3n) is 4.89. The lowest BCUT2D eigenvalue weighted by Gasteiger charge is -2.09. The summed E-state index contributed by atoms with van der Waals surface area (Å²) in [6.45, 7) is 0.378. The molecule has 0 saturated heterocycles. The lowest BCUT2D eigenvalue weighted by molar-refractivity contribution is -0.121. The highest BCUT2D eigenvalue weighted by Gasteiger charge is 2.07. The third kappa shape index (κ3) is 6.05. The molecular formula is C26H22N2O4S. The van der Waals surface area contributed by atoms with Gasteiger partial charge >= 0.3 is 0 Å². The van der Waals surface area contributed by atoms with Gasteiger partial charge < -0.3 is 14.5 Å². The number of allylic oxidation sites excluding steroid dienone is 2. The molecule has 4 rings (SSSR count). The van der Waals surface area contributed by atoms with Gasteiger partial charge in [0.1, 0.15) is 23.1 Å². The zero-order valence-corrected chi connectivity index (χ0v) is 18.8. The molecule has 0 unspecified atom stereocenters. The second-order valence-electron chi connectivity index (χ2n) is 7.22. The van der Waals surface area contributed by atoms with E-state index in [1.807, 2.05) is 35.8 Å². The van der Waals surface area contributed by atoms with Crippen LogP contribution in [0.1, 0.15) is 22.6 Å². The van der Waals surface area contributed by atoms with Crippen LogP contribution in [-0.2, 0) is 16.2 Å². The highest BCUT2D eigenvalue weighted by molar-refractivity contribution is 7.09. The molecule has 166 valence electrons. The van der Waals surface area contributed by atoms with Crippen LogP contribution >= 0.6 is 11.3 Å². The number of carbonyl (C=O) groups is 2. The van der Waals surface area contributed by atoms with Crippen LogP contribution in [-0.4, -0.2) is 28.6 Å². The van der Waals surface area contributed by atoms with Gasteiger partial charge in [-0.25, -0.2) is 4.98 Å². The quantitative estimate of drug-likeness (QED) is 0.252. The highest BCUT2D eigenvalue weighted by atomic mass is 32.1. The first-order valence-electron chi connectivity index (χ1n) is 10.3. The first-order valence-corrected chi connectivity index (χ1v) is 11.2. The molecule has 0 aliphatic heterocycles. The summed E-state index contributed by atoms with van der Waals surface area (Å²) in [7, 11) is 1.55. The molecule has 0 bridgehead atoms. The predicted molar refractivity (Wildman–Crippen MR) is 130 cm³/mol. The number of hydrogen-bond acceptors (Lipinski definition) is 6. The van der Waals surface area contributed by atoms with E-state index in [0.29, 0.717) is 18.1 Å². The fourth-order valence-corrected chi connectivity index (χ4v) is 3.75. The van der Waals surface area contributed by atoms with E-state index in [0.717, 1.165) is 27.0 Å². The lowest BCUT2D eigenvalue weighted by atomic mass is 10.1. The van der Waals surface area contributed by atoms with Gasteiger partial charge in [0.05, 0.1) is 13.5 Å². The number of ketones is 2. The number of rotatable bonds is 10. The second-order valence-corrected chi connectivity index (χ2v) is 8.20. The van der Waals surface area contributed by atoms with Crippen molar-refractivity contribution in [1.29, 1.82) is 0 Å². The average molecular weight is 459 g/mol. The third-order valence-corrected chi connectivity index (χ3v) is 5.64. The number of nitrogens with one attached hydrogen (secondary N) is 1. The number of methoxy groups -OCH3 is 1. The van der Waals surface area contributed by atoms with Gasteiger partial charge in [0.15, 0.2) is 11.6 Å². The van der Waals surface area contributed by atoms with Crippen LogP contribution in [0.2, 0.25) is 0 Å². The summed E-state index contributed by atoms with van der Waals surface area (Å²) in [5.74, 6) is 0.676. The molecule has 1 N–H and O–H groups in total. The second kappa shape index (κ2) is 10.6. The number of ether oxygens (including phenoxy) is 2. The van der Waals surface area contributed by atoms with E-state index in [2.05, 4.69) is 9.97 Å². The van der Waals surface area contributed by atoms with Gasteiger partial charge in [-0.05, 0) is 53.4 Å². The number of carbonyl (C=O) groups excluding carboxylic acids is 2. The summed E-state index contributed by atoms with van der Waals surface area (Å²) >= 11 is 1.52. The number of H-pyrrole nitrogens is 1. The highest BCUT2D eigenvalue weighted by Crippen LogP contribution is 2.26. The van der Waals surface area contributed by atoms with Gasteiger partial charge in [0, 0.05) is 34.9 Å². The molecule has 7 heteroatoms. The predicted octanol–water partition coefficient (Wildman–Crippen LogP) is 5.47. The normalized spacial score (nSPS) is 11.4. The van der Waals surface area contributed by atoms with E-state index in [-0.39, 0.29) is 18.0 Å². The van der Waals surface area contributed by atoms with E-state index < -0.39 is 0 Å². The van der Waals surface area contributed by atoms with Crippen molar-refractivity contribution in [3.05, 3.63) is 88.5 Å². The molecule has 2 aromatic carbocycles. The summed E-state index contributed by atoms with van der Waals surface area (Å²) in [6.07, 6.45) is 9.59. The zero-order valence-electron chi connectivity index (χ0n) is 18.0. The van der Waals surface area contributed by atoms with Crippen LogP contribution < -0.4 is 9.47 Å². The number of nitrogens with zero attached hydrogens (tertiary/aromatic N) is 1. The van der Waals surface area contributed by atoms with Crippen molar-refractivity contribution in [3.63, 3.8) is 0 Å². The molecule has 0 saturated carbocycles. The maximum Gasteiger partial charge on any atom is 0.163 e. The van der Waals surface area contributed by atoms with Crippen LogP contribution in [0, 0.1) is 0 Å². The van der Waals surface area contributed by atoms with E-state index in [1.54, 1.807) is 43.7 Å². The van der Waals surface area contributed by atoms with E-state index >= 15 is 0 Å². The molecule has 0 atom stereocenters. The molecule has 2 aromatic heterocycles. The summed E-state index contributed by atoms with van der Waals surface area (Å²) in [5.41, 5.74) is 2.61. The molecule has 0 spiro atoms. The molecule has 2 heterocycles. The Morgan fingerprint density at radius 2 is 1.91 bits per heavy atom. The molecule has 0 fully saturated rings. The minimum atomic E-state index is -0.282. The molecule has 4 aromatic rings. The minimum absolute atomic E-state index is 0.199. The van der Waals surface area contributed by atoms with Gasteiger partial charge in [-0.15, -0.1) is 11.3 Å². The van der Waals surface area contributed by atoms with Crippen LogP contribution in [0.4, 0.5) is 0 Å². The van der Waals surface area contributed by atoms with Crippen molar-refractivity contribution in [2.45, 2.75) is 13.0 Å². The number of aromatic amines is 1. The van der Waals surface area contributed by atoms with Crippen LogP contribution in [0.15, 0.2) is 72.4 Å². The van der Waals surface area contributed by atoms with Crippen LogP contribution in [0.5, 0.6) is 11.5 Å². The topological polar surface area (TPSA) is 81.3 Å². The van der Waals surface area contributed by atoms with E-state index in [1.165, 1.54) is 23.5 Å². The molecule has 0 aliphatic rings. The Balaban J connectivity index is 1.33. The van der Waals surface area contributed by atoms with Gasteiger partial charge in [0.2, 0.25) is 0 Å². The summed E-state index contributed by atoms with van der Waals surface area (Å²) < 4.78 is 11.1. The van der Waals surface area contributed by atoms with Gasteiger partial charge in [0.25, 0.3) is 0 Å². The maximum atomic E-state index is 12.3. The van der Waals surface area contributed by atoms with E-state index in [9.17, 15) is 9.59 Å². The molecular weight excluding hydrogens is 436 g/mol. The van der Waals surface area contributed by atoms with Gasteiger partial charge in [-0.3, -0.25) is 9.59 Å². The molecule has 6 nitrogen and oxygen atoms in total. The number of hydrogen-bond donors (Lipinski definition) is 1. The Kier molecular flexibility index (Phi) is 7.12. The Morgan fingerprint density at radius 3 is 2.70 bits per heavy atom. The minimum Gasteiger partial charge on any atom is -0.496 e. The molecule has 0 aliphatic carbocycles.